The smallest absolute Gasteiger partial charge is 0.219 e. The van der Waals surface area contributed by atoms with Crippen LogP contribution in [0.3, 0.4) is 0 Å². The number of amides is 1. The van der Waals surface area contributed by atoms with Gasteiger partial charge in [0.25, 0.3) is 0 Å². The van der Waals surface area contributed by atoms with Crippen molar-refractivity contribution in [3.8, 4) is 0 Å². The largest absolute Gasteiger partial charge is 0.353 e. The molecule has 0 aromatic carbocycles. The van der Waals surface area contributed by atoms with Crippen LogP contribution in [0.1, 0.15) is 38.4 Å². The molecule has 0 unspecified atom stereocenters. The number of anilines is 1. The van der Waals surface area contributed by atoms with Crippen molar-refractivity contribution in [2.45, 2.75) is 51.2 Å². The van der Waals surface area contributed by atoms with E-state index in [2.05, 4.69) is 19.2 Å². The van der Waals surface area contributed by atoms with Crippen LogP contribution >= 0.6 is 11.5 Å². The molecule has 1 amide bonds. The van der Waals surface area contributed by atoms with Crippen LogP contribution in [0.5, 0.6) is 0 Å². The topological polar surface area (TPSA) is 52.6 Å². The first-order chi connectivity index (χ1) is 10.5. The van der Waals surface area contributed by atoms with Crippen LogP contribution in [0.25, 0.3) is 0 Å². The molecule has 0 bridgehead atoms. The predicted molar refractivity (Wildman–Crippen MR) is 88.1 cm³/mol. The lowest BCUT2D eigenvalue weighted by molar-refractivity contribution is -0.130. The Morgan fingerprint density at radius 2 is 2.14 bits per heavy atom. The second-order valence-electron chi connectivity index (χ2n) is 6.56. The number of hydrogen-bond donors (Lipinski definition) is 0. The summed E-state index contributed by atoms with van der Waals surface area (Å²) in [6.45, 7) is 4.44. The average molecular weight is 323 g/mol. The molecule has 122 valence electrons. The Morgan fingerprint density at radius 3 is 2.73 bits per heavy atom. The van der Waals surface area contributed by atoms with Crippen molar-refractivity contribution < 1.29 is 4.79 Å². The van der Waals surface area contributed by atoms with Gasteiger partial charge in [0.05, 0.1) is 6.54 Å². The summed E-state index contributed by atoms with van der Waals surface area (Å²) in [5, 5.41) is 0.953. The molecule has 6 nitrogen and oxygen atoms in total. The number of carbonyl (C=O) groups excluding carboxylic acids is 1. The first-order valence-corrected chi connectivity index (χ1v) is 8.83. The van der Waals surface area contributed by atoms with Crippen molar-refractivity contribution in [3.05, 3.63) is 5.82 Å². The number of hydrogen-bond acceptors (Lipinski definition) is 6. The Kier molecular flexibility index (Phi) is 4.63. The fourth-order valence-corrected chi connectivity index (χ4v) is 3.73. The van der Waals surface area contributed by atoms with Gasteiger partial charge in [0.1, 0.15) is 0 Å². The third kappa shape index (κ3) is 3.57. The number of nitrogens with zero attached hydrogens (tertiary/aromatic N) is 5. The van der Waals surface area contributed by atoms with Crippen LogP contribution in [0.4, 0.5) is 5.13 Å². The molecule has 1 aliphatic heterocycles. The minimum absolute atomic E-state index is 0.219. The zero-order valence-electron chi connectivity index (χ0n) is 13.7. The number of rotatable bonds is 6. The molecule has 2 aliphatic rings. The van der Waals surface area contributed by atoms with Crippen LogP contribution in [0, 0.1) is 0 Å². The third-order valence-electron chi connectivity index (χ3n) is 4.48. The van der Waals surface area contributed by atoms with Gasteiger partial charge in [-0.3, -0.25) is 9.69 Å². The van der Waals surface area contributed by atoms with Crippen LogP contribution in [0.2, 0.25) is 0 Å². The lowest BCUT2D eigenvalue weighted by atomic mass is 10.2. The zero-order chi connectivity index (χ0) is 15.7. The summed E-state index contributed by atoms with van der Waals surface area (Å²) in [4.78, 5) is 22.9. The van der Waals surface area contributed by atoms with Gasteiger partial charge in [0, 0.05) is 51.2 Å². The van der Waals surface area contributed by atoms with E-state index in [1.807, 2.05) is 19.0 Å². The molecule has 2 heterocycles. The quantitative estimate of drug-likeness (QED) is 0.795. The van der Waals surface area contributed by atoms with Crippen molar-refractivity contribution in [2.75, 3.05) is 32.1 Å². The van der Waals surface area contributed by atoms with Crippen molar-refractivity contribution >= 4 is 22.6 Å². The van der Waals surface area contributed by atoms with Crippen LogP contribution in [0.15, 0.2) is 0 Å². The van der Waals surface area contributed by atoms with E-state index < -0.39 is 0 Å². The zero-order valence-corrected chi connectivity index (χ0v) is 14.5. The molecule has 0 radical (unpaired) electrons. The van der Waals surface area contributed by atoms with E-state index in [1.54, 1.807) is 6.92 Å². The summed E-state index contributed by atoms with van der Waals surface area (Å²) in [6, 6.07) is 0.952. The minimum atomic E-state index is 0.219. The van der Waals surface area contributed by atoms with Crippen LogP contribution < -0.4 is 4.90 Å². The fourth-order valence-electron chi connectivity index (χ4n) is 3.13. The summed E-state index contributed by atoms with van der Waals surface area (Å²) in [6.07, 6.45) is 4.71. The maximum atomic E-state index is 11.8. The van der Waals surface area contributed by atoms with Gasteiger partial charge in [0.15, 0.2) is 5.82 Å². The molecule has 1 atom stereocenters. The van der Waals surface area contributed by atoms with Gasteiger partial charge in [0.2, 0.25) is 11.0 Å². The summed E-state index contributed by atoms with van der Waals surface area (Å²) < 4.78 is 4.46. The van der Waals surface area contributed by atoms with E-state index in [-0.39, 0.29) is 5.91 Å². The monoisotopic (exact) mass is 323 g/mol. The molecule has 22 heavy (non-hydrogen) atoms. The molecule has 0 N–H and O–H groups in total. The van der Waals surface area contributed by atoms with Gasteiger partial charge >= 0.3 is 0 Å². The summed E-state index contributed by atoms with van der Waals surface area (Å²) in [7, 11) is 3.98. The molecule has 0 spiro atoms. The van der Waals surface area contributed by atoms with Crippen LogP contribution in [-0.2, 0) is 11.3 Å². The highest BCUT2D eigenvalue weighted by molar-refractivity contribution is 7.09. The normalized spacial score (nSPS) is 22.0. The molecular formula is C15H25N5OS. The molecule has 1 saturated heterocycles. The third-order valence-corrected chi connectivity index (χ3v) is 5.40. The number of aromatic nitrogens is 2. The van der Waals surface area contributed by atoms with Gasteiger partial charge < -0.3 is 9.80 Å². The van der Waals surface area contributed by atoms with Crippen molar-refractivity contribution in [3.63, 3.8) is 0 Å². The lowest BCUT2D eigenvalue weighted by Crippen LogP contribution is -2.43. The van der Waals surface area contributed by atoms with E-state index in [4.69, 9.17) is 0 Å². The molecule has 3 rings (SSSR count). The van der Waals surface area contributed by atoms with Crippen molar-refractivity contribution in [1.29, 1.82) is 0 Å². The van der Waals surface area contributed by atoms with E-state index in [1.165, 1.54) is 37.2 Å². The van der Waals surface area contributed by atoms with E-state index in [9.17, 15) is 4.79 Å². The summed E-state index contributed by atoms with van der Waals surface area (Å²) in [5.74, 6) is 1.12. The standard InChI is InChI=1S/C15H25N5OS/c1-11(21)20(12-6-7-12)9-13-5-4-8-19(13)10-14-16-15(18(2)3)22-17-14/h12-13H,4-10H2,1-3H3/t13-/m0/s1. The first kappa shape index (κ1) is 15.7. The SMILES string of the molecule is CC(=O)N(C[C@@H]1CCCN1Cc1nsc(N(C)C)n1)C1CC1. The van der Waals surface area contributed by atoms with Gasteiger partial charge in [-0.15, -0.1) is 0 Å². The highest BCUT2D eigenvalue weighted by Crippen LogP contribution is 2.29. The molecule has 1 saturated carbocycles. The van der Waals surface area contributed by atoms with Crippen molar-refractivity contribution in [1.82, 2.24) is 19.2 Å². The van der Waals surface area contributed by atoms with Crippen LogP contribution in [-0.4, -0.2) is 64.3 Å². The van der Waals surface area contributed by atoms with Gasteiger partial charge in [-0.1, -0.05) is 0 Å². The molecule has 1 aromatic heterocycles. The minimum Gasteiger partial charge on any atom is -0.353 e. The highest BCUT2D eigenvalue weighted by Gasteiger charge is 2.35. The fraction of sp³-hybridized carbons (Fsp3) is 0.800. The van der Waals surface area contributed by atoms with E-state index >= 15 is 0 Å². The molecular weight excluding hydrogens is 298 g/mol. The second kappa shape index (κ2) is 6.50. The lowest BCUT2D eigenvalue weighted by Gasteiger charge is -2.29. The Bertz CT molecular complexity index is 528. The predicted octanol–water partition coefficient (Wildman–Crippen LogP) is 1.58. The van der Waals surface area contributed by atoms with E-state index in [0.717, 1.165) is 30.6 Å². The highest BCUT2D eigenvalue weighted by atomic mass is 32.1. The number of carbonyl (C=O) groups is 1. The molecule has 2 fully saturated rings. The maximum Gasteiger partial charge on any atom is 0.219 e. The summed E-state index contributed by atoms with van der Waals surface area (Å²) >= 11 is 1.45. The number of likely N-dealkylation sites (tertiary alicyclic amines) is 1. The molecule has 7 heteroatoms. The maximum absolute atomic E-state index is 11.8. The Morgan fingerprint density at radius 1 is 1.36 bits per heavy atom. The average Bonchev–Trinajstić information content (AvgIpc) is 3.02. The summed E-state index contributed by atoms with van der Waals surface area (Å²) in [5.41, 5.74) is 0. The Labute approximate surface area is 136 Å². The van der Waals surface area contributed by atoms with E-state index in [0.29, 0.717) is 12.1 Å². The molecule has 1 aliphatic carbocycles. The van der Waals surface area contributed by atoms with Crippen molar-refractivity contribution in [2.24, 2.45) is 0 Å². The Hall–Kier alpha value is -1.21. The van der Waals surface area contributed by atoms with Gasteiger partial charge in [-0.05, 0) is 32.2 Å². The molecule has 1 aromatic rings. The Balaban J connectivity index is 1.61. The van der Waals surface area contributed by atoms with Gasteiger partial charge in [-0.25, -0.2) is 4.98 Å². The van der Waals surface area contributed by atoms with Gasteiger partial charge in [-0.2, -0.15) is 4.37 Å². The second-order valence-corrected chi connectivity index (χ2v) is 7.29. The first-order valence-electron chi connectivity index (χ1n) is 8.05.